The summed E-state index contributed by atoms with van der Waals surface area (Å²) in [6, 6.07) is 19.7. The molecule has 1 saturated carbocycles. The number of likely N-dealkylation sites (tertiary alicyclic amines) is 1. The highest BCUT2D eigenvalue weighted by atomic mass is 16.6. The number of fused-ring (bicyclic) bond motifs is 2. The smallest absolute Gasteiger partial charge is 0.410 e. The third kappa shape index (κ3) is 6.50. The number of nitrogens with zero attached hydrogens (tertiary/aromatic N) is 1. The summed E-state index contributed by atoms with van der Waals surface area (Å²) >= 11 is 0. The monoisotopic (exact) mass is 479 g/mol. The highest BCUT2D eigenvalue weighted by Crippen LogP contribution is 2.46. The van der Waals surface area contributed by atoms with Gasteiger partial charge in [0.25, 0.3) is 0 Å². The minimum Gasteiger partial charge on any atom is -0.444 e. The van der Waals surface area contributed by atoms with Crippen molar-refractivity contribution in [1.29, 1.82) is 0 Å². The number of ether oxygens (including phenoxy) is 3. The van der Waals surface area contributed by atoms with Gasteiger partial charge in [0.05, 0.1) is 32.5 Å². The van der Waals surface area contributed by atoms with Crippen molar-refractivity contribution in [3.8, 4) is 0 Å². The van der Waals surface area contributed by atoms with E-state index in [9.17, 15) is 9.59 Å². The van der Waals surface area contributed by atoms with Crippen molar-refractivity contribution in [2.75, 3.05) is 19.8 Å². The molecule has 1 heterocycles. The fourth-order valence-corrected chi connectivity index (χ4v) is 5.21. The van der Waals surface area contributed by atoms with Crippen LogP contribution in [0, 0.1) is 11.3 Å². The highest BCUT2D eigenvalue weighted by Gasteiger charge is 2.53. The minimum absolute atomic E-state index is 0.121. The zero-order chi connectivity index (χ0) is 24.9. The van der Waals surface area contributed by atoms with Gasteiger partial charge in [0.2, 0.25) is 0 Å². The second-order valence-electron chi connectivity index (χ2n) is 10.9. The molecule has 1 aliphatic carbocycles. The molecule has 188 valence electrons. The summed E-state index contributed by atoms with van der Waals surface area (Å²) in [6.45, 7) is 7.79. The van der Waals surface area contributed by atoms with Crippen LogP contribution < -0.4 is 0 Å². The Hall–Kier alpha value is -2.70. The molecule has 2 aromatic rings. The number of hydrogen-bond donors (Lipinski definition) is 0. The molecule has 2 unspecified atom stereocenters. The number of hydrogen-bond acceptors (Lipinski definition) is 5. The molecule has 1 aliphatic heterocycles. The first-order valence-corrected chi connectivity index (χ1v) is 12.5. The molecule has 4 rings (SSSR count). The summed E-state index contributed by atoms with van der Waals surface area (Å²) in [4.78, 5) is 27.6. The number of carbonyl (C=O) groups excluding carboxylic acids is 2. The maximum Gasteiger partial charge on any atom is 0.410 e. The van der Waals surface area contributed by atoms with Crippen LogP contribution in [-0.2, 0) is 32.2 Å². The highest BCUT2D eigenvalue weighted by molar-refractivity contribution is 5.88. The van der Waals surface area contributed by atoms with Crippen molar-refractivity contribution in [3.05, 3.63) is 71.8 Å². The Kier molecular flexibility index (Phi) is 7.92. The Morgan fingerprint density at radius 3 is 2.00 bits per heavy atom. The van der Waals surface area contributed by atoms with Gasteiger partial charge in [-0.15, -0.1) is 0 Å². The van der Waals surface area contributed by atoms with Gasteiger partial charge in [-0.2, -0.15) is 0 Å². The van der Waals surface area contributed by atoms with Crippen molar-refractivity contribution in [1.82, 2.24) is 4.90 Å². The number of Topliss-reactive ketones (excluding diaryl/α,β-unsaturated/α-hetero) is 1. The first kappa shape index (κ1) is 25.4. The Balaban J connectivity index is 1.54. The number of carbonyl (C=O) groups is 2. The van der Waals surface area contributed by atoms with Gasteiger partial charge in [-0.3, -0.25) is 9.69 Å². The number of ketones is 1. The van der Waals surface area contributed by atoms with Crippen molar-refractivity contribution in [3.63, 3.8) is 0 Å². The number of benzene rings is 2. The van der Waals surface area contributed by atoms with Gasteiger partial charge in [-0.05, 0) is 50.7 Å². The van der Waals surface area contributed by atoms with Gasteiger partial charge in [-0.1, -0.05) is 60.7 Å². The van der Waals surface area contributed by atoms with E-state index in [-0.39, 0.29) is 11.7 Å². The molecular weight excluding hydrogens is 442 g/mol. The molecule has 2 aromatic carbocycles. The normalized spacial score (nSPS) is 21.6. The van der Waals surface area contributed by atoms with Crippen molar-refractivity contribution in [2.45, 2.75) is 64.9 Å². The van der Waals surface area contributed by atoms with Gasteiger partial charge >= 0.3 is 6.09 Å². The summed E-state index contributed by atoms with van der Waals surface area (Å²) in [5, 5.41) is 0. The zero-order valence-electron chi connectivity index (χ0n) is 21.1. The van der Waals surface area contributed by atoms with Crippen molar-refractivity contribution >= 4 is 11.9 Å². The average Bonchev–Trinajstić information content (AvgIpc) is 2.83. The van der Waals surface area contributed by atoms with Crippen LogP contribution in [0.2, 0.25) is 0 Å². The van der Waals surface area contributed by atoms with Gasteiger partial charge in [0.1, 0.15) is 5.60 Å². The minimum atomic E-state index is -0.637. The molecule has 2 aliphatic rings. The van der Waals surface area contributed by atoms with Crippen LogP contribution in [0.25, 0.3) is 0 Å². The molecule has 0 spiro atoms. The third-order valence-electron chi connectivity index (χ3n) is 6.98. The van der Waals surface area contributed by atoms with Crippen LogP contribution in [0.1, 0.15) is 51.2 Å². The van der Waals surface area contributed by atoms with E-state index in [0.717, 1.165) is 17.5 Å². The van der Waals surface area contributed by atoms with Crippen LogP contribution in [-0.4, -0.2) is 48.2 Å². The van der Waals surface area contributed by atoms with Gasteiger partial charge in [0, 0.05) is 18.4 Å². The molecule has 0 N–H and O–H groups in total. The maximum atomic E-state index is 13.2. The molecule has 0 radical (unpaired) electrons. The molecule has 1 saturated heterocycles. The fraction of sp³-hybridized carbons (Fsp3) is 0.517. The van der Waals surface area contributed by atoms with E-state index < -0.39 is 23.2 Å². The van der Waals surface area contributed by atoms with Gasteiger partial charge in [0.15, 0.2) is 5.78 Å². The summed E-state index contributed by atoms with van der Waals surface area (Å²) in [6.07, 6.45) is 1.45. The predicted octanol–water partition coefficient (Wildman–Crippen LogP) is 5.39. The quantitative estimate of drug-likeness (QED) is 0.508. The lowest BCUT2D eigenvalue weighted by Gasteiger charge is -2.53. The van der Waals surface area contributed by atoms with E-state index in [1.807, 2.05) is 81.4 Å². The third-order valence-corrected chi connectivity index (χ3v) is 6.98. The van der Waals surface area contributed by atoms with Crippen LogP contribution in [0.5, 0.6) is 0 Å². The number of amides is 1. The SMILES string of the molecule is CC(C)(C)OC(=O)N1CC(COCc2ccccc2)(COCc2ccccc2)C2CCC(=O)C1C2. The van der Waals surface area contributed by atoms with Gasteiger partial charge in [-0.25, -0.2) is 4.79 Å². The fourth-order valence-electron chi connectivity index (χ4n) is 5.21. The first-order chi connectivity index (χ1) is 16.8. The van der Waals surface area contributed by atoms with Crippen molar-refractivity contribution in [2.24, 2.45) is 11.3 Å². The Morgan fingerprint density at radius 2 is 1.49 bits per heavy atom. The maximum absolute atomic E-state index is 13.2. The zero-order valence-corrected chi connectivity index (χ0v) is 21.1. The largest absolute Gasteiger partial charge is 0.444 e. The summed E-state index contributed by atoms with van der Waals surface area (Å²) in [7, 11) is 0. The molecule has 2 atom stereocenters. The van der Waals surface area contributed by atoms with E-state index >= 15 is 0 Å². The molecular formula is C29H37NO5. The summed E-state index contributed by atoms with van der Waals surface area (Å²) < 4.78 is 18.2. The lowest BCUT2D eigenvalue weighted by Crippen LogP contribution is -2.63. The second-order valence-corrected chi connectivity index (χ2v) is 10.9. The van der Waals surface area contributed by atoms with Crippen LogP contribution in [0.15, 0.2) is 60.7 Å². The number of piperidine rings is 1. The Labute approximate surface area is 208 Å². The predicted molar refractivity (Wildman–Crippen MR) is 134 cm³/mol. The second kappa shape index (κ2) is 10.9. The lowest BCUT2D eigenvalue weighted by molar-refractivity contribution is -0.149. The van der Waals surface area contributed by atoms with Crippen LogP contribution >= 0.6 is 0 Å². The Bertz CT molecular complexity index is 940. The van der Waals surface area contributed by atoms with E-state index in [0.29, 0.717) is 45.8 Å². The van der Waals surface area contributed by atoms with Crippen molar-refractivity contribution < 1.29 is 23.8 Å². The molecule has 35 heavy (non-hydrogen) atoms. The van der Waals surface area contributed by atoms with E-state index in [1.54, 1.807) is 4.90 Å². The standard InChI is InChI=1S/C29H37NO5/c1-28(2,3)35-27(32)30-19-29(24-14-15-26(31)25(30)16-24,20-33-17-22-10-6-4-7-11-22)21-34-18-23-12-8-5-9-13-23/h4-13,24-25H,14-21H2,1-3H3. The molecule has 2 fully saturated rings. The lowest BCUT2D eigenvalue weighted by atomic mass is 9.64. The molecule has 2 bridgehead atoms. The number of rotatable bonds is 8. The van der Waals surface area contributed by atoms with Gasteiger partial charge < -0.3 is 14.2 Å². The van der Waals surface area contributed by atoms with E-state index in [4.69, 9.17) is 14.2 Å². The summed E-state index contributed by atoms with van der Waals surface area (Å²) in [5.41, 5.74) is 1.15. The first-order valence-electron chi connectivity index (χ1n) is 12.5. The summed E-state index contributed by atoms with van der Waals surface area (Å²) in [5.74, 6) is 0.353. The molecule has 0 aromatic heterocycles. The molecule has 1 amide bonds. The molecule has 6 nitrogen and oxygen atoms in total. The Morgan fingerprint density at radius 1 is 0.943 bits per heavy atom. The average molecular weight is 480 g/mol. The van der Waals surface area contributed by atoms with Crippen LogP contribution in [0.3, 0.4) is 0 Å². The van der Waals surface area contributed by atoms with E-state index in [2.05, 4.69) is 0 Å². The van der Waals surface area contributed by atoms with E-state index in [1.165, 1.54) is 0 Å². The topological polar surface area (TPSA) is 65.1 Å². The molecule has 6 heteroatoms. The van der Waals surface area contributed by atoms with Crippen LogP contribution in [0.4, 0.5) is 4.79 Å².